The minimum absolute atomic E-state index is 0.0539. The summed E-state index contributed by atoms with van der Waals surface area (Å²) in [5, 5.41) is 10.3. The summed E-state index contributed by atoms with van der Waals surface area (Å²) >= 11 is 0. The summed E-state index contributed by atoms with van der Waals surface area (Å²) in [6, 6.07) is -0.532. The van der Waals surface area contributed by atoms with Crippen LogP contribution in [0.2, 0.25) is 0 Å². The third-order valence-electron chi connectivity index (χ3n) is 3.44. The molecule has 2 fully saturated rings. The lowest BCUT2D eigenvalue weighted by molar-refractivity contribution is 0.188. The van der Waals surface area contributed by atoms with Crippen LogP contribution in [0.1, 0.15) is 19.8 Å². The Bertz CT molecular complexity index is 490. The van der Waals surface area contributed by atoms with E-state index in [2.05, 4.69) is 10.0 Å². The molecule has 0 spiro atoms. The molecule has 2 bridgehead atoms. The Kier molecular flexibility index (Phi) is 2.98. The summed E-state index contributed by atoms with van der Waals surface area (Å²) in [4.78, 5) is 11.2. The first-order chi connectivity index (χ1) is 8.35. The van der Waals surface area contributed by atoms with Crippen molar-refractivity contribution in [2.45, 2.75) is 30.7 Å². The van der Waals surface area contributed by atoms with Crippen molar-refractivity contribution in [3.63, 3.8) is 0 Å². The number of fused-ring (bicyclic) bond motifs is 2. The molecule has 0 saturated carbocycles. The highest BCUT2D eigenvalue weighted by molar-refractivity contribution is 7.91. The van der Waals surface area contributed by atoms with Crippen LogP contribution in [0.4, 0.5) is 4.79 Å². The topological polar surface area (TPSA) is 128 Å². The first-order valence-corrected chi connectivity index (χ1v) is 7.25. The number of hydrogen-bond acceptors (Lipinski definition) is 4. The number of hydrogen-bond donors (Lipinski definition) is 4. The van der Waals surface area contributed by atoms with Gasteiger partial charge >= 0.3 is 6.03 Å². The van der Waals surface area contributed by atoms with Gasteiger partial charge in [0.1, 0.15) is 5.84 Å². The molecule has 0 aromatic carbocycles. The third-order valence-corrected chi connectivity index (χ3v) is 5.65. The van der Waals surface area contributed by atoms with Gasteiger partial charge in [0.2, 0.25) is 14.9 Å². The molecular weight excluding hydrogens is 258 g/mol. The molecule has 0 aromatic heterocycles. The summed E-state index contributed by atoms with van der Waals surface area (Å²) in [5.74, 6) is -0.515. The molecule has 9 heteroatoms. The SMILES string of the molecule is CCNS(=O)(=O)C1(C(=N)N)CCC2CN1C(=O)N2. The average Bonchev–Trinajstić information content (AvgIpc) is 2.55. The van der Waals surface area contributed by atoms with Crippen LogP contribution in [0.5, 0.6) is 0 Å². The van der Waals surface area contributed by atoms with Gasteiger partial charge in [0.25, 0.3) is 0 Å². The number of carbonyl (C=O) groups is 1. The fourth-order valence-corrected chi connectivity index (χ4v) is 4.34. The number of amides is 2. The van der Waals surface area contributed by atoms with Crippen molar-refractivity contribution in [2.24, 2.45) is 5.73 Å². The second-order valence-corrected chi connectivity index (χ2v) is 6.47. The van der Waals surface area contributed by atoms with Gasteiger partial charge in [-0.2, -0.15) is 0 Å². The second kappa shape index (κ2) is 4.09. The lowest BCUT2D eigenvalue weighted by Crippen LogP contribution is -2.66. The summed E-state index contributed by atoms with van der Waals surface area (Å²) < 4.78 is 27.0. The fraction of sp³-hybridized carbons (Fsp3) is 0.778. The number of nitrogens with one attached hydrogen (secondary N) is 3. The van der Waals surface area contributed by atoms with Crippen molar-refractivity contribution in [1.82, 2.24) is 14.9 Å². The smallest absolute Gasteiger partial charge is 0.319 e. The van der Waals surface area contributed by atoms with Crippen LogP contribution in [0.15, 0.2) is 0 Å². The van der Waals surface area contributed by atoms with Gasteiger partial charge in [-0.1, -0.05) is 6.92 Å². The lowest BCUT2D eigenvalue weighted by Gasteiger charge is -2.41. The first kappa shape index (κ1) is 13.1. The Morgan fingerprint density at radius 3 is 2.94 bits per heavy atom. The molecule has 5 N–H and O–H groups in total. The van der Waals surface area contributed by atoms with Gasteiger partial charge in [0.05, 0.1) is 0 Å². The van der Waals surface area contributed by atoms with Crippen molar-refractivity contribution in [1.29, 1.82) is 5.41 Å². The highest BCUT2D eigenvalue weighted by atomic mass is 32.2. The van der Waals surface area contributed by atoms with E-state index in [-0.39, 0.29) is 25.6 Å². The van der Waals surface area contributed by atoms with Crippen molar-refractivity contribution in [2.75, 3.05) is 13.1 Å². The Morgan fingerprint density at radius 1 is 1.72 bits per heavy atom. The molecule has 0 radical (unpaired) electrons. The molecule has 0 aliphatic carbocycles. The minimum Gasteiger partial charge on any atom is -0.385 e. The van der Waals surface area contributed by atoms with Gasteiger partial charge in [-0.3, -0.25) is 10.3 Å². The molecule has 2 aliphatic rings. The van der Waals surface area contributed by atoms with Crippen LogP contribution < -0.4 is 15.8 Å². The number of urea groups is 1. The zero-order chi connectivity index (χ0) is 13.6. The largest absolute Gasteiger partial charge is 0.385 e. The molecule has 2 rings (SSSR count). The van der Waals surface area contributed by atoms with E-state index in [1.807, 2.05) is 0 Å². The van der Waals surface area contributed by atoms with E-state index < -0.39 is 26.8 Å². The van der Waals surface area contributed by atoms with Gasteiger partial charge in [0, 0.05) is 19.1 Å². The van der Waals surface area contributed by atoms with Gasteiger partial charge < -0.3 is 11.1 Å². The number of rotatable bonds is 4. The van der Waals surface area contributed by atoms with E-state index >= 15 is 0 Å². The van der Waals surface area contributed by atoms with E-state index in [9.17, 15) is 13.2 Å². The van der Waals surface area contributed by atoms with Crippen molar-refractivity contribution < 1.29 is 13.2 Å². The molecule has 0 aromatic rings. The van der Waals surface area contributed by atoms with Crippen molar-refractivity contribution in [3.05, 3.63) is 0 Å². The molecule has 2 unspecified atom stereocenters. The van der Waals surface area contributed by atoms with E-state index in [1.54, 1.807) is 6.92 Å². The van der Waals surface area contributed by atoms with Gasteiger partial charge in [-0.15, -0.1) is 0 Å². The predicted molar refractivity (Wildman–Crippen MR) is 65.5 cm³/mol. The molecule has 2 amide bonds. The monoisotopic (exact) mass is 275 g/mol. The summed E-state index contributed by atoms with van der Waals surface area (Å²) in [5.41, 5.74) is 5.51. The van der Waals surface area contributed by atoms with E-state index in [4.69, 9.17) is 11.1 Å². The standard InChI is InChI=1S/C9H17N5O3S/c1-2-12-18(16,17)9(7(10)11)4-3-6-5-14(9)8(15)13-6/h6,12H,2-5H2,1H3,(H3,10,11)(H,13,15). The average molecular weight is 275 g/mol. The predicted octanol–water partition coefficient (Wildman–Crippen LogP) is -1.25. The molecule has 18 heavy (non-hydrogen) atoms. The van der Waals surface area contributed by atoms with Gasteiger partial charge in [0.15, 0.2) is 0 Å². The quantitative estimate of drug-likeness (QED) is 0.377. The summed E-state index contributed by atoms with van der Waals surface area (Å²) in [6.45, 7) is 2.10. The molecular formula is C9H17N5O3S. The molecule has 2 saturated heterocycles. The maximum absolute atomic E-state index is 12.3. The lowest BCUT2D eigenvalue weighted by atomic mass is 9.99. The van der Waals surface area contributed by atoms with Crippen LogP contribution in [0.3, 0.4) is 0 Å². The van der Waals surface area contributed by atoms with Crippen LogP contribution in [-0.4, -0.2) is 49.2 Å². The zero-order valence-corrected chi connectivity index (χ0v) is 10.9. The van der Waals surface area contributed by atoms with Crippen LogP contribution in [0, 0.1) is 5.41 Å². The Labute approximate surface area is 105 Å². The van der Waals surface area contributed by atoms with Crippen molar-refractivity contribution in [3.8, 4) is 0 Å². The zero-order valence-electron chi connectivity index (χ0n) is 10.1. The maximum Gasteiger partial charge on any atom is 0.319 e. The Morgan fingerprint density at radius 2 is 2.39 bits per heavy atom. The highest BCUT2D eigenvalue weighted by Crippen LogP contribution is 2.36. The normalized spacial score (nSPS) is 31.3. The summed E-state index contributed by atoms with van der Waals surface area (Å²) in [7, 11) is -3.90. The molecule has 2 heterocycles. The number of nitrogens with zero attached hydrogens (tertiary/aromatic N) is 1. The number of amidine groups is 1. The summed E-state index contributed by atoms with van der Waals surface area (Å²) in [6.07, 6.45) is 0.632. The number of sulfonamides is 1. The third kappa shape index (κ3) is 1.57. The van der Waals surface area contributed by atoms with Gasteiger partial charge in [-0.05, 0) is 12.8 Å². The molecule has 2 aliphatic heterocycles. The van der Waals surface area contributed by atoms with Crippen LogP contribution >= 0.6 is 0 Å². The van der Waals surface area contributed by atoms with Crippen LogP contribution in [-0.2, 0) is 10.0 Å². The van der Waals surface area contributed by atoms with Crippen molar-refractivity contribution >= 4 is 21.9 Å². The first-order valence-electron chi connectivity index (χ1n) is 5.77. The van der Waals surface area contributed by atoms with E-state index in [1.165, 1.54) is 0 Å². The number of nitrogens with two attached hydrogens (primary N) is 1. The molecule has 8 nitrogen and oxygen atoms in total. The molecule has 102 valence electrons. The van der Waals surface area contributed by atoms with Crippen LogP contribution in [0.25, 0.3) is 0 Å². The van der Waals surface area contributed by atoms with Gasteiger partial charge in [-0.25, -0.2) is 17.9 Å². The fourth-order valence-electron chi connectivity index (χ4n) is 2.59. The highest BCUT2D eigenvalue weighted by Gasteiger charge is 2.59. The maximum atomic E-state index is 12.3. The number of piperidine rings is 1. The molecule has 2 atom stereocenters. The number of carbonyl (C=O) groups excluding carboxylic acids is 1. The Balaban J connectivity index is 2.51. The second-order valence-electron chi connectivity index (χ2n) is 4.50. The minimum atomic E-state index is -3.90. The van der Waals surface area contributed by atoms with E-state index in [0.29, 0.717) is 6.42 Å². The van der Waals surface area contributed by atoms with E-state index in [0.717, 1.165) is 4.90 Å². The Hall–Kier alpha value is -1.35.